The van der Waals surface area contributed by atoms with E-state index in [1.807, 2.05) is 69.2 Å². The van der Waals surface area contributed by atoms with Crippen LogP contribution in [-0.2, 0) is 19.3 Å². The minimum absolute atomic E-state index is 1.02. The number of rotatable bonds is 0. The fourth-order valence-corrected chi connectivity index (χ4v) is 7.02. The van der Waals surface area contributed by atoms with Crippen LogP contribution in [0.5, 0.6) is 0 Å². The summed E-state index contributed by atoms with van der Waals surface area (Å²) in [5.74, 6) is 0. The van der Waals surface area contributed by atoms with Crippen molar-refractivity contribution in [2.75, 3.05) is 0 Å². The number of hydrogen-bond acceptors (Lipinski definition) is 0. The van der Waals surface area contributed by atoms with Gasteiger partial charge in [-0.3, -0.25) is 0 Å². The molecule has 44 heavy (non-hydrogen) atoms. The molecule has 0 amide bonds. The first-order valence-corrected chi connectivity index (χ1v) is 17.3. The van der Waals surface area contributed by atoms with E-state index >= 15 is 0 Å². The fraction of sp³-hybridized carbons (Fsp3) is 0.302. The Balaban J connectivity index is 0.000000406. The minimum Gasteiger partial charge on any atom is -0.309 e. The molecule has 0 unspecified atom stereocenters. The van der Waals surface area contributed by atoms with Crippen molar-refractivity contribution < 1.29 is 0 Å². The first kappa shape index (κ1) is 32.8. The molecule has 5 aromatic carbocycles. The summed E-state index contributed by atoms with van der Waals surface area (Å²) in [7, 11) is 0. The molecule has 2 aliphatic carbocycles. The van der Waals surface area contributed by atoms with Crippen LogP contribution in [0.4, 0.5) is 0 Å². The molecule has 0 fully saturated rings. The number of para-hydroxylation sites is 2. The van der Waals surface area contributed by atoms with Crippen molar-refractivity contribution in [3.8, 4) is 27.9 Å². The van der Waals surface area contributed by atoms with Crippen molar-refractivity contribution in [2.45, 2.75) is 88.5 Å². The van der Waals surface area contributed by atoms with Crippen LogP contribution in [0, 0.1) is 0 Å². The van der Waals surface area contributed by atoms with E-state index in [-0.39, 0.29) is 0 Å². The summed E-state index contributed by atoms with van der Waals surface area (Å²) >= 11 is 0. The standard InChI is InChI=1S/C33H21N.5C2H6/c1-3-9-23-19(7-1)13-21-14-22-16-27-28(26(22)17-25(21)23)18-30-24-10-4-6-12-32(24)34-31-11-5-2-8-20(31)15-29(27)33(30)34;5*1-2/h1-12,14,17-18H,13,15-16H2;5*1-2H3. The number of benzene rings is 5. The van der Waals surface area contributed by atoms with Gasteiger partial charge in [-0.1, -0.05) is 136 Å². The molecule has 0 saturated carbocycles. The molecule has 0 spiro atoms. The predicted octanol–water partition coefficient (Wildman–Crippen LogP) is 13.0. The Kier molecular flexibility index (Phi) is 10.9. The van der Waals surface area contributed by atoms with Crippen molar-refractivity contribution in [3.05, 3.63) is 124 Å². The third-order valence-corrected chi connectivity index (χ3v) is 8.45. The van der Waals surface area contributed by atoms with Gasteiger partial charge >= 0.3 is 0 Å². The molecule has 1 heteroatoms. The van der Waals surface area contributed by atoms with Crippen molar-refractivity contribution in [1.29, 1.82) is 0 Å². The molecule has 0 N–H and O–H groups in total. The molecule has 1 aromatic heterocycles. The average Bonchev–Trinajstić information content (AvgIpc) is 3.78. The molecule has 1 aliphatic heterocycles. The van der Waals surface area contributed by atoms with Crippen LogP contribution in [0.3, 0.4) is 0 Å². The minimum atomic E-state index is 1.02. The Morgan fingerprint density at radius 2 is 0.977 bits per heavy atom. The second-order valence-electron chi connectivity index (χ2n) is 10.1. The molecule has 3 aliphatic rings. The molecular weight excluding hydrogens is 530 g/mol. The van der Waals surface area contributed by atoms with Crippen LogP contribution in [0.25, 0.3) is 49.7 Å². The maximum Gasteiger partial charge on any atom is 0.0579 e. The van der Waals surface area contributed by atoms with Crippen molar-refractivity contribution in [3.63, 3.8) is 0 Å². The summed E-state index contributed by atoms with van der Waals surface area (Å²) in [5.41, 5.74) is 18.8. The van der Waals surface area contributed by atoms with Gasteiger partial charge in [-0.2, -0.15) is 0 Å². The molecule has 9 rings (SSSR count). The van der Waals surface area contributed by atoms with Gasteiger partial charge in [-0.05, 0) is 92.7 Å². The molecular formula is C43H51N. The number of nitrogens with zero attached hydrogens (tertiary/aromatic N) is 1. The van der Waals surface area contributed by atoms with Gasteiger partial charge < -0.3 is 4.57 Å². The van der Waals surface area contributed by atoms with Crippen LogP contribution >= 0.6 is 0 Å². The molecule has 1 nitrogen and oxygen atoms in total. The van der Waals surface area contributed by atoms with Crippen LogP contribution in [0.2, 0.25) is 0 Å². The van der Waals surface area contributed by atoms with E-state index in [0.29, 0.717) is 0 Å². The smallest absolute Gasteiger partial charge is 0.0579 e. The Morgan fingerprint density at radius 1 is 0.409 bits per heavy atom. The Hall–Kier alpha value is -4.10. The highest BCUT2D eigenvalue weighted by molar-refractivity contribution is 6.13. The van der Waals surface area contributed by atoms with Gasteiger partial charge in [-0.25, -0.2) is 0 Å². The lowest BCUT2D eigenvalue weighted by atomic mass is 9.90. The molecule has 2 heterocycles. The average molecular weight is 582 g/mol. The van der Waals surface area contributed by atoms with E-state index in [1.165, 1.54) is 83.1 Å². The molecule has 0 bridgehead atoms. The molecule has 0 saturated heterocycles. The van der Waals surface area contributed by atoms with Crippen LogP contribution < -0.4 is 0 Å². The predicted molar refractivity (Wildman–Crippen MR) is 197 cm³/mol. The van der Waals surface area contributed by atoms with Crippen LogP contribution in [-0.4, -0.2) is 4.57 Å². The van der Waals surface area contributed by atoms with Crippen molar-refractivity contribution >= 4 is 21.8 Å². The maximum absolute atomic E-state index is 2.53. The second kappa shape index (κ2) is 14.6. The summed E-state index contributed by atoms with van der Waals surface area (Å²) < 4.78 is 2.53. The first-order chi connectivity index (χ1) is 21.8. The largest absolute Gasteiger partial charge is 0.309 e. The van der Waals surface area contributed by atoms with Gasteiger partial charge in [0.25, 0.3) is 0 Å². The summed E-state index contributed by atoms with van der Waals surface area (Å²) in [5, 5.41) is 2.76. The fourth-order valence-electron chi connectivity index (χ4n) is 7.02. The van der Waals surface area contributed by atoms with Gasteiger partial charge in [0.1, 0.15) is 0 Å². The van der Waals surface area contributed by atoms with E-state index in [0.717, 1.165) is 19.3 Å². The van der Waals surface area contributed by atoms with Gasteiger partial charge in [0.15, 0.2) is 0 Å². The number of hydrogen-bond donors (Lipinski definition) is 0. The Labute approximate surface area is 266 Å². The zero-order valence-corrected chi connectivity index (χ0v) is 28.7. The second-order valence-corrected chi connectivity index (χ2v) is 10.1. The number of fused-ring (bicyclic) bond motifs is 12. The van der Waals surface area contributed by atoms with Crippen molar-refractivity contribution in [2.24, 2.45) is 0 Å². The van der Waals surface area contributed by atoms with E-state index < -0.39 is 0 Å². The monoisotopic (exact) mass is 581 g/mol. The highest BCUT2D eigenvalue weighted by atomic mass is 15.0. The lowest BCUT2D eigenvalue weighted by molar-refractivity contribution is 1.02. The molecule has 6 aromatic rings. The number of aromatic nitrogens is 1. The summed E-state index contributed by atoms with van der Waals surface area (Å²) in [6.07, 6.45) is 3.12. The SMILES string of the molecule is CC.CC.CC.CC.CC.c1ccc2c(c1)Cc1cc3c(cc1-2)-c1cc2c4ccccc4n4c2c(c1C3)Cc1ccccc1-4. The van der Waals surface area contributed by atoms with Crippen molar-refractivity contribution in [1.82, 2.24) is 4.57 Å². The quantitative estimate of drug-likeness (QED) is 0.168. The van der Waals surface area contributed by atoms with Gasteiger partial charge in [0, 0.05) is 22.9 Å². The maximum atomic E-state index is 2.53. The molecule has 0 atom stereocenters. The lowest BCUT2D eigenvalue weighted by Crippen LogP contribution is -2.09. The Morgan fingerprint density at radius 3 is 1.73 bits per heavy atom. The highest BCUT2D eigenvalue weighted by Crippen LogP contribution is 2.50. The third-order valence-electron chi connectivity index (χ3n) is 8.45. The zero-order chi connectivity index (χ0) is 32.0. The van der Waals surface area contributed by atoms with Crippen LogP contribution in [0.1, 0.15) is 103 Å². The molecule has 0 radical (unpaired) electrons. The normalized spacial score (nSPS) is 11.6. The zero-order valence-electron chi connectivity index (χ0n) is 28.7. The van der Waals surface area contributed by atoms with E-state index in [1.54, 1.807) is 0 Å². The van der Waals surface area contributed by atoms with Gasteiger partial charge in [0.2, 0.25) is 0 Å². The van der Waals surface area contributed by atoms with Gasteiger partial charge in [0.05, 0.1) is 11.0 Å². The van der Waals surface area contributed by atoms with E-state index in [9.17, 15) is 0 Å². The lowest BCUT2D eigenvalue weighted by Gasteiger charge is -2.23. The molecule has 228 valence electrons. The van der Waals surface area contributed by atoms with E-state index in [4.69, 9.17) is 0 Å². The summed E-state index contributed by atoms with van der Waals surface area (Å²) in [6.45, 7) is 20.0. The first-order valence-electron chi connectivity index (χ1n) is 17.3. The Bertz CT molecular complexity index is 1880. The highest BCUT2D eigenvalue weighted by Gasteiger charge is 2.31. The topological polar surface area (TPSA) is 4.93 Å². The van der Waals surface area contributed by atoms with E-state index in [2.05, 4.69) is 95.6 Å². The van der Waals surface area contributed by atoms with Gasteiger partial charge in [-0.15, -0.1) is 0 Å². The summed E-state index contributed by atoms with van der Waals surface area (Å²) in [6, 6.07) is 34.3. The van der Waals surface area contributed by atoms with Crippen LogP contribution in [0.15, 0.2) is 91.0 Å². The third kappa shape index (κ3) is 5.07. The summed E-state index contributed by atoms with van der Waals surface area (Å²) in [4.78, 5) is 0.